The van der Waals surface area contributed by atoms with Crippen LogP contribution in [0.15, 0.2) is 24.3 Å². The van der Waals surface area contributed by atoms with Crippen LogP contribution >= 0.6 is 0 Å². The summed E-state index contributed by atoms with van der Waals surface area (Å²) < 4.78 is 16.7. The number of aliphatic hydroxyl groups is 1. The fourth-order valence-electron chi connectivity index (χ4n) is 2.78. The molecule has 1 atom stereocenters. The molecule has 2 rings (SSSR count). The number of rotatable bonds is 10. The maximum Gasteiger partial charge on any atom is 0.161 e. The summed E-state index contributed by atoms with van der Waals surface area (Å²) in [6, 6.07) is 7.57. The first-order valence-corrected chi connectivity index (χ1v) is 8.56. The van der Waals surface area contributed by atoms with Crippen LogP contribution in [0, 0.1) is 0 Å². The summed E-state index contributed by atoms with van der Waals surface area (Å²) in [4.78, 5) is 0. The molecule has 1 saturated carbocycles. The van der Waals surface area contributed by atoms with Crippen LogP contribution in [0.4, 0.5) is 0 Å². The standard InChI is InChI=1S/C18H29NO4/c1-21-17-9-5-6-10-18(17)22-12-11-19-13-15(20)14-23-16-7-3-2-4-8-16/h5-6,9-10,15-16,19-20H,2-4,7-8,11-14H2,1H3/t15-/m1/s1. The van der Waals surface area contributed by atoms with Crippen molar-refractivity contribution in [2.24, 2.45) is 0 Å². The molecule has 0 bridgehead atoms. The van der Waals surface area contributed by atoms with Crippen molar-refractivity contribution in [2.75, 3.05) is 33.4 Å². The van der Waals surface area contributed by atoms with E-state index in [1.54, 1.807) is 7.11 Å². The smallest absolute Gasteiger partial charge is 0.161 e. The van der Waals surface area contributed by atoms with Gasteiger partial charge in [0.15, 0.2) is 11.5 Å². The van der Waals surface area contributed by atoms with Crippen molar-refractivity contribution in [3.05, 3.63) is 24.3 Å². The van der Waals surface area contributed by atoms with Crippen LogP contribution in [-0.4, -0.2) is 50.7 Å². The number of hydrogen-bond donors (Lipinski definition) is 2. The molecule has 0 aliphatic heterocycles. The predicted molar refractivity (Wildman–Crippen MR) is 90.2 cm³/mol. The van der Waals surface area contributed by atoms with Crippen LogP contribution in [0.2, 0.25) is 0 Å². The van der Waals surface area contributed by atoms with E-state index in [1.807, 2.05) is 24.3 Å². The predicted octanol–water partition coefficient (Wildman–Crippen LogP) is 2.37. The minimum Gasteiger partial charge on any atom is -0.493 e. The van der Waals surface area contributed by atoms with Gasteiger partial charge in [0.05, 0.1) is 25.9 Å². The number of hydrogen-bond acceptors (Lipinski definition) is 5. The lowest BCUT2D eigenvalue weighted by atomic mass is 9.98. The van der Waals surface area contributed by atoms with Crippen molar-refractivity contribution < 1.29 is 19.3 Å². The molecule has 1 aliphatic carbocycles. The third-order valence-corrected chi connectivity index (χ3v) is 4.06. The highest BCUT2D eigenvalue weighted by molar-refractivity contribution is 5.39. The molecule has 0 unspecified atom stereocenters. The molecule has 2 N–H and O–H groups in total. The topological polar surface area (TPSA) is 60.0 Å². The van der Waals surface area contributed by atoms with Crippen molar-refractivity contribution >= 4 is 0 Å². The minimum absolute atomic E-state index is 0.340. The van der Waals surface area contributed by atoms with E-state index < -0.39 is 6.10 Å². The largest absolute Gasteiger partial charge is 0.493 e. The van der Waals surface area contributed by atoms with Gasteiger partial charge in [-0.1, -0.05) is 31.4 Å². The normalized spacial score (nSPS) is 17.0. The first-order chi connectivity index (χ1) is 11.3. The molecule has 0 amide bonds. The number of ether oxygens (including phenoxy) is 3. The molecule has 0 spiro atoms. The summed E-state index contributed by atoms with van der Waals surface area (Å²) in [5, 5.41) is 13.1. The van der Waals surface area contributed by atoms with Crippen LogP contribution in [0.1, 0.15) is 32.1 Å². The molecule has 0 radical (unpaired) electrons. The second-order valence-electron chi connectivity index (χ2n) is 5.95. The van der Waals surface area contributed by atoms with Crippen LogP contribution in [-0.2, 0) is 4.74 Å². The Kier molecular flexibility index (Phi) is 8.21. The molecular weight excluding hydrogens is 294 g/mol. The number of benzene rings is 1. The minimum atomic E-state index is -0.469. The van der Waals surface area contributed by atoms with Crippen molar-refractivity contribution in [1.82, 2.24) is 5.32 Å². The third kappa shape index (κ3) is 6.77. The zero-order valence-corrected chi connectivity index (χ0v) is 14.0. The summed E-state index contributed by atoms with van der Waals surface area (Å²) in [7, 11) is 1.63. The fourth-order valence-corrected chi connectivity index (χ4v) is 2.78. The number of nitrogens with one attached hydrogen (secondary N) is 1. The van der Waals surface area contributed by atoms with Crippen molar-refractivity contribution in [3.8, 4) is 11.5 Å². The third-order valence-electron chi connectivity index (χ3n) is 4.06. The van der Waals surface area contributed by atoms with Gasteiger partial charge in [0, 0.05) is 13.1 Å². The van der Waals surface area contributed by atoms with E-state index in [1.165, 1.54) is 19.3 Å². The maximum atomic E-state index is 9.93. The quantitative estimate of drug-likeness (QED) is 0.647. The highest BCUT2D eigenvalue weighted by Gasteiger charge is 2.15. The zero-order valence-electron chi connectivity index (χ0n) is 14.0. The first kappa shape index (κ1) is 18.0. The number of methoxy groups -OCH3 is 1. The fraction of sp³-hybridized carbons (Fsp3) is 0.667. The second kappa shape index (κ2) is 10.5. The maximum absolute atomic E-state index is 9.93. The van der Waals surface area contributed by atoms with E-state index in [-0.39, 0.29) is 0 Å². The molecule has 1 aromatic rings. The molecule has 0 saturated heterocycles. The molecule has 0 heterocycles. The van der Waals surface area contributed by atoms with Crippen molar-refractivity contribution in [1.29, 1.82) is 0 Å². The molecule has 1 aliphatic rings. The van der Waals surface area contributed by atoms with Crippen molar-refractivity contribution in [2.45, 2.75) is 44.3 Å². The molecule has 5 heteroatoms. The molecule has 130 valence electrons. The Bertz CT molecular complexity index is 435. The van der Waals surface area contributed by atoms with Gasteiger partial charge in [0.2, 0.25) is 0 Å². The monoisotopic (exact) mass is 323 g/mol. The van der Waals surface area contributed by atoms with Crippen molar-refractivity contribution in [3.63, 3.8) is 0 Å². The highest BCUT2D eigenvalue weighted by atomic mass is 16.5. The molecular formula is C18H29NO4. The van der Waals surface area contributed by atoms with E-state index in [0.29, 0.717) is 32.4 Å². The Labute approximate surface area is 138 Å². The number of para-hydroxylation sites is 2. The first-order valence-electron chi connectivity index (χ1n) is 8.56. The van der Waals surface area contributed by atoms with Gasteiger partial charge >= 0.3 is 0 Å². The number of aliphatic hydroxyl groups excluding tert-OH is 1. The lowest BCUT2D eigenvalue weighted by molar-refractivity contribution is -0.0230. The van der Waals surface area contributed by atoms with Crippen LogP contribution in [0.5, 0.6) is 11.5 Å². The Balaban J connectivity index is 1.52. The van der Waals surface area contributed by atoms with E-state index >= 15 is 0 Å². The Morgan fingerprint density at radius 1 is 1.17 bits per heavy atom. The summed E-state index contributed by atoms with van der Waals surface area (Å²) in [6.07, 6.45) is 5.95. The summed E-state index contributed by atoms with van der Waals surface area (Å²) >= 11 is 0. The van der Waals surface area contributed by atoms with Gasteiger partial charge in [-0.3, -0.25) is 0 Å². The van der Waals surface area contributed by atoms with E-state index in [0.717, 1.165) is 24.3 Å². The zero-order chi connectivity index (χ0) is 16.3. The highest BCUT2D eigenvalue weighted by Crippen LogP contribution is 2.25. The molecule has 0 aromatic heterocycles. The average Bonchev–Trinajstić information content (AvgIpc) is 2.61. The lowest BCUT2D eigenvalue weighted by Crippen LogP contribution is -2.34. The summed E-state index contributed by atoms with van der Waals surface area (Å²) in [5.41, 5.74) is 0. The van der Waals surface area contributed by atoms with Gasteiger partial charge in [-0.15, -0.1) is 0 Å². The Morgan fingerprint density at radius 3 is 2.65 bits per heavy atom. The van der Waals surface area contributed by atoms with Gasteiger partial charge < -0.3 is 24.6 Å². The SMILES string of the molecule is COc1ccccc1OCCNC[C@@H](O)COC1CCCCC1. The van der Waals surface area contributed by atoms with Crippen LogP contribution < -0.4 is 14.8 Å². The lowest BCUT2D eigenvalue weighted by Gasteiger charge is -2.23. The van der Waals surface area contributed by atoms with Crippen LogP contribution in [0.25, 0.3) is 0 Å². The molecule has 1 fully saturated rings. The summed E-state index contributed by atoms with van der Waals surface area (Å²) in [6.45, 7) is 2.11. The Hall–Kier alpha value is -1.30. The van der Waals surface area contributed by atoms with Gasteiger partial charge in [-0.25, -0.2) is 0 Å². The molecule has 1 aromatic carbocycles. The summed E-state index contributed by atoms with van der Waals surface area (Å²) in [5.74, 6) is 1.46. The van der Waals surface area contributed by atoms with E-state index in [4.69, 9.17) is 14.2 Å². The average molecular weight is 323 g/mol. The van der Waals surface area contributed by atoms with Gasteiger partial charge in [0.1, 0.15) is 6.61 Å². The second-order valence-corrected chi connectivity index (χ2v) is 5.95. The molecule has 23 heavy (non-hydrogen) atoms. The van der Waals surface area contributed by atoms with Gasteiger partial charge in [-0.05, 0) is 25.0 Å². The Morgan fingerprint density at radius 2 is 1.91 bits per heavy atom. The van der Waals surface area contributed by atoms with Crippen LogP contribution in [0.3, 0.4) is 0 Å². The van der Waals surface area contributed by atoms with E-state index in [9.17, 15) is 5.11 Å². The van der Waals surface area contributed by atoms with E-state index in [2.05, 4.69) is 5.32 Å². The van der Waals surface area contributed by atoms with Gasteiger partial charge in [0.25, 0.3) is 0 Å². The van der Waals surface area contributed by atoms with Gasteiger partial charge in [-0.2, -0.15) is 0 Å². The molecule has 5 nitrogen and oxygen atoms in total.